The Morgan fingerprint density at radius 3 is 2.48 bits per heavy atom. The van der Waals surface area contributed by atoms with Crippen LogP contribution in [0.4, 0.5) is 5.69 Å². The molecule has 0 saturated heterocycles. The van der Waals surface area contributed by atoms with Crippen LogP contribution in [0.15, 0.2) is 53.6 Å². The molecule has 0 spiro atoms. The number of carbonyl (C=O) groups is 1. The molecule has 2 aromatic carbocycles. The van der Waals surface area contributed by atoms with Gasteiger partial charge in [-0.05, 0) is 68.7 Å². The number of ether oxygens (including phenoxy) is 1. The fourth-order valence-corrected chi connectivity index (χ4v) is 3.10. The van der Waals surface area contributed by atoms with Crippen LogP contribution in [0.1, 0.15) is 42.6 Å². The molecule has 1 aliphatic rings. The van der Waals surface area contributed by atoms with E-state index >= 15 is 0 Å². The zero-order valence-electron chi connectivity index (χ0n) is 16.2. The molecule has 0 fully saturated rings. The monoisotopic (exact) mass is 365 g/mol. The van der Waals surface area contributed by atoms with Gasteiger partial charge >= 0.3 is 0 Å². The summed E-state index contributed by atoms with van der Waals surface area (Å²) in [5.74, 6) is 0.822. The van der Waals surface area contributed by atoms with Gasteiger partial charge in [-0.15, -0.1) is 0 Å². The molecule has 27 heavy (non-hydrogen) atoms. The highest BCUT2D eigenvalue weighted by atomic mass is 16.5. The zero-order chi connectivity index (χ0) is 19.2. The van der Waals surface area contributed by atoms with Gasteiger partial charge in [0.05, 0.1) is 12.8 Å². The fourth-order valence-electron chi connectivity index (χ4n) is 3.10. The van der Waals surface area contributed by atoms with E-state index in [1.54, 1.807) is 7.11 Å². The zero-order valence-corrected chi connectivity index (χ0v) is 16.2. The van der Waals surface area contributed by atoms with E-state index in [0.717, 1.165) is 43.0 Å². The van der Waals surface area contributed by atoms with Crippen LogP contribution in [0, 0.1) is 0 Å². The Kier molecular flexibility index (Phi) is 6.12. The van der Waals surface area contributed by atoms with Gasteiger partial charge in [0.1, 0.15) is 5.75 Å². The van der Waals surface area contributed by atoms with Crippen LogP contribution >= 0.6 is 0 Å². The Labute approximate surface area is 161 Å². The summed E-state index contributed by atoms with van der Waals surface area (Å²) in [5, 5.41) is 9.55. The van der Waals surface area contributed by atoms with Crippen LogP contribution in [0.25, 0.3) is 0 Å². The van der Waals surface area contributed by atoms with Crippen molar-refractivity contribution >= 4 is 17.3 Å². The number of methoxy groups -OCH3 is 1. The van der Waals surface area contributed by atoms with Crippen molar-refractivity contribution < 1.29 is 9.53 Å². The summed E-state index contributed by atoms with van der Waals surface area (Å²) in [5.41, 5.74) is 4.08. The maximum atomic E-state index is 12.5. The topological polar surface area (TPSA) is 53.9 Å². The molecule has 2 aromatic rings. The molecule has 142 valence electrons. The molecule has 0 aliphatic carbocycles. The third kappa shape index (κ3) is 5.09. The number of nitrogens with one attached hydrogen (secondary N) is 1. The quantitative estimate of drug-likeness (QED) is 0.806. The standard InChI is InChI=1S/C22H27N3O2/c1-16(4-5-18-6-12-21(27-3)13-7-18)23-22(26)19-8-10-20(11-9-19)25-15-14-17(2)24-25/h6-13,16H,4-5,14-15H2,1-3H3,(H,23,26). The van der Waals surface area contributed by atoms with Crippen molar-refractivity contribution in [3.05, 3.63) is 59.7 Å². The van der Waals surface area contributed by atoms with Gasteiger partial charge in [-0.25, -0.2) is 0 Å². The number of anilines is 1. The van der Waals surface area contributed by atoms with E-state index in [9.17, 15) is 4.79 Å². The summed E-state index contributed by atoms with van der Waals surface area (Å²) >= 11 is 0. The number of nitrogens with zero attached hydrogens (tertiary/aromatic N) is 2. The second-order valence-electron chi connectivity index (χ2n) is 7.02. The van der Waals surface area contributed by atoms with E-state index in [2.05, 4.69) is 22.6 Å². The summed E-state index contributed by atoms with van der Waals surface area (Å²) < 4.78 is 5.18. The molecule has 0 radical (unpaired) electrons. The van der Waals surface area contributed by atoms with E-state index in [0.29, 0.717) is 5.56 Å². The molecule has 5 nitrogen and oxygen atoms in total. The van der Waals surface area contributed by atoms with Crippen LogP contribution < -0.4 is 15.1 Å². The Bertz CT molecular complexity index is 797. The van der Waals surface area contributed by atoms with Gasteiger partial charge in [0.15, 0.2) is 0 Å². The van der Waals surface area contributed by atoms with Crippen molar-refractivity contribution in [2.45, 2.75) is 39.2 Å². The Balaban J connectivity index is 1.50. The van der Waals surface area contributed by atoms with Crippen molar-refractivity contribution in [1.29, 1.82) is 0 Å². The first-order valence-electron chi connectivity index (χ1n) is 9.40. The Morgan fingerprint density at radius 1 is 1.19 bits per heavy atom. The van der Waals surface area contributed by atoms with Crippen molar-refractivity contribution in [3.8, 4) is 5.75 Å². The Morgan fingerprint density at radius 2 is 1.89 bits per heavy atom. The van der Waals surface area contributed by atoms with Gasteiger partial charge in [0.2, 0.25) is 0 Å². The van der Waals surface area contributed by atoms with Gasteiger partial charge in [0, 0.05) is 30.3 Å². The van der Waals surface area contributed by atoms with Crippen molar-refractivity contribution in [2.24, 2.45) is 5.10 Å². The Hall–Kier alpha value is -2.82. The molecule has 0 aromatic heterocycles. The lowest BCUT2D eigenvalue weighted by Gasteiger charge is -2.16. The maximum Gasteiger partial charge on any atom is 0.251 e. The first kappa shape index (κ1) is 19.0. The van der Waals surface area contributed by atoms with Crippen LogP contribution in [0.5, 0.6) is 5.75 Å². The number of hydrogen-bond donors (Lipinski definition) is 1. The highest BCUT2D eigenvalue weighted by molar-refractivity contribution is 5.94. The third-order valence-corrected chi connectivity index (χ3v) is 4.81. The number of amides is 1. The van der Waals surface area contributed by atoms with E-state index in [-0.39, 0.29) is 11.9 Å². The van der Waals surface area contributed by atoms with Gasteiger partial charge in [0.25, 0.3) is 5.91 Å². The van der Waals surface area contributed by atoms with Crippen molar-refractivity contribution in [1.82, 2.24) is 5.32 Å². The highest BCUT2D eigenvalue weighted by Crippen LogP contribution is 2.20. The average Bonchev–Trinajstić information content (AvgIpc) is 3.13. The summed E-state index contributed by atoms with van der Waals surface area (Å²) in [6.07, 6.45) is 2.79. The summed E-state index contributed by atoms with van der Waals surface area (Å²) in [7, 11) is 1.67. The molecule has 1 N–H and O–H groups in total. The number of aryl methyl sites for hydroxylation is 1. The number of carbonyl (C=O) groups excluding carboxylic acids is 1. The molecule has 3 rings (SSSR count). The van der Waals surface area contributed by atoms with E-state index in [1.165, 1.54) is 5.56 Å². The van der Waals surface area contributed by atoms with Crippen molar-refractivity contribution in [3.63, 3.8) is 0 Å². The van der Waals surface area contributed by atoms with Crippen LogP contribution in [0.3, 0.4) is 0 Å². The second-order valence-corrected chi connectivity index (χ2v) is 7.02. The normalized spacial score (nSPS) is 14.6. The van der Waals surface area contributed by atoms with E-state index in [4.69, 9.17) is 4.74 Å². The van der Waals surface area contributed by atoms with Crippen molar-refractivity contribution in [2.75, 3.05) is 18.7 Å². The van der Waals surface area contributed by atoms with Gasteiger partial charge in [-0.3, -0.25) is 9.80 Å². The minimum atomic E-state index is -0.0371. The summed E-state index contributed by atoms with van der Waals surface area (Å²) in [6.45, 7) is 4.98. The largest absolute Gasteiger partial charge is 0.497 e. The molecule has 1 unspecified atom stereocenters. The van der Waals surface area contributed by atoms with Crippen LogP contribution in [-0.2, 0) is 6.42 Å². The predicted octanol–water partition coefficient (Wildman–Crippen LogP) is 4.03. The summed E-state index contributed by atoms with van der Waals surface area (Å²) in [6, 6.07) is 15.8. The van der Waals surface area contributed by atoms with Gasteiger partial charge < -0.3 is 10.1 Å². The minimum absolute atomic E-state index is 0.0371. The van der Waals surface area contributed by atoms with Gasteiger partial charge in [-0.2, -0.15) is 5.10 Å². The SMILES string of the molecule is COc1ccc(CCC(C)NC(=O)c2ccc(N3CCC(C)=N3)cc2)cc1. The molecule has 0 saturated carbocycles. The average molecular weight is 365 g/mol. The molecule has 1 aliphatic heterocycles. The fraction of sp³-hybridized carbons (Fsp3) is 0.364. The number of benzene rings is 2. The molecule has 0 bridgehead atoms. The first-order valence-corrected chi connectivity index (χ1v) is 9.40. The third-order valence-electron chi connectivity index (χ3n) is 4.81. The highest BCUT2D eigenvalue weighted by Gasteiger charge is 2.14. The molecular formula is C22H27N3O2. The molecule has 1 atom stereocenters. The van der Waals surface area contributed by atoms with Crippen LogP contribution in [0.2, 0.25) is 0 Å². The predicted molar refractivity (Wildman–Crippen MR) is 110 cm³/mol. The van der Waals surface area contributed by atoms with Gasteiger partial charge in [-0.1, -0.05) is 12.1 Å². The maximum absolute atomic E-state index is 12.5. The van der Waals surface area contributed by atoms with E-state index in [1.807, 2.05) is 55.3 Å². The number of rotatable bonds is 7. The van der Waals surface area contributed by atoms with E-state index < -0.39 is 0 Å². The summed E-state index contributed by atoms with van der Waals surface area (Å²) in [4.78, 5) is 12.5. The number of hydrogen-bond acceptors (Lipinski definition) is 4. The lowest BCUT2D eigenvalue weighted by Crippen LogP contribution is -2.32. The lowest BCUT2D eigenvalue weighted by atomic mass is 10.1. The molecule has 1 heterocycles. The van der Waals surface area contributed by atoms with Crippen LogP contribution in [-0.4, -0.2) is 31.3 Å². The second kappa shape index (κ2) is 8.71. The molecular weight excluding hydrogens is 338 g/mol. The minimum Gasteiger partial charge on any atom is -0.497 e. The smallest absolute Gasteiger partial charge is 0.251 e. The molecule has 1 amide bonds. The molecule has 5 heteroatoms. The first-order chi connectivity index (χ1) is 13.0. The lowest BCUT2D eigenvalue weighted by molar-refractivity contribution is 0.0938. The number of hydrazone groups is 1.